The standard InChI is InChI=1S/C10H8Cl2N4O2/c11-5-1-2-7(6(12)3-5)14-9(17)4-8-10(13)16-18-15-8/h1-3H,4H2,(H2,13,16)(H,14,17). The van der Waals surface area contributed by atoms with Crippen molar-refractivity contribution in [2.75, 3.05) is 11.1 Å². The molecule has 1 heterocycles. The Kier molecular flexibility index (Phi) is 3.69. The molecule has 0 atom stereocenters. The van der Waals surface area contributed by atoms with E-state index in [-0.39, 0.29) is 23.8 Å². The summed E-state index contributed by atoms with van der Waals surface area (Å²) in [5.41, 5.74) is 6.18. The van der Waals surface area contributed by atoms with Gasteiger partial charge in [-0.15, -0.1) is 0 Å². The summed E-state index contributed by atoms with van der Waals surface area (Å²) in [5, 5.41) is 10.3. The maximum atomic E-state index is 11.7. The third-order valence-corrected chi connectivity index (χ3v) is 2.67. The lowest BCUT2D eigenvalue weighted by molar-refractivity contribution is -0.115. The predicted octanol–water partition coefficient (Wildman–Crippen LogP) is 2.14. The number of hydrogen-bond donors (Lipinski definition) is 2. The minimum Gasteiger partial charge on any atom is -0.379 e. The van der Waals surface area contributed by atoms with Crippen molar-refractivity contribution >= 4 is 40.6 Å². The highest BCUT2D eigenvalue weighted by atomic mass is 35.5. The molecule has 0 aliphatic carbocycles. The van der Waals surface area contributed by atoms with Crippen molar-refractivity contribution in [1.82, 2.24) is 10.3 Å². The molecule has 0 saturated heterocycles. The molecular formula is C10H8Cl2N4O2. The van der Waals surface area contributed by atoms with Gasteiger partial charge in [-0.25, -0.2) is 4.63 Å². The lowest BCUT2D eigenvalue weighted by atomic mass is 10.2. The number of rotatable bonds is 3. The van der Waals surface area contributed by atoms with Crippen molar-refractivity contribution in [2.45, 2.75) is 6.42 Å². The van der Waals surface area contributed by atoms with E-state index in [0.717, 1.165) is 0 Å². The number of aromatic nitrogens is 2. The lowest BCUT2D eigenvalue weighted by Gasteiger charge is -2.06. The SMILES string of the molecule is Nc1nonc1CC(=O)Nc1ccc(Cl)cc1Cl. The number of carbonyl (C=O) groups is 1. The number of anilines is 2. The summed E-state index contributed by atoms with van der Waals surface area (Å²) < 4.78 is 4.39. The fourth-order valence-electron chi connectivity index (χ4n) is 1.27. The molecule has 0 radical (unpaired) electrons. The van der Waals surface area contributed by atoms with Crippen LogP contribution in [0, 0.1) is 0 Å². The number of benzene rings is 1. The number of nitrogens with two attached hydrogens (primary N) is 1. The number of halogens is 2. The summed E-state index contributed by atoms with van der Waals surface area (Å²) >= 11 is 11.7. The minimum atomic E-state index is -0.332. The maximum absolute atomic E-state index is 11.7. The second-order valence-corrected chi connectivity index (χ2v) is 4.29. The summed E-state index contributed by atoms with van der Waals surface area (Å²) in [7, 11) is 0. The fraction of sp³-hybridized carbons (Fsp3) is 0.100. The first-order chi connectivity index (χ1) is 8.56. The van der Waals surface area contributed by atoms with E-state index in [2.05, 4.69) is 20.3 Å². The van der Waals surface area contributed by atoms with Crippen LogP contribution in [0.1, 0.15) is 5.69 Å². The second-order valence-electron chi connectivity index (χ2n) is 3.45. The van der Waals surface area contributed by atoms with Crippen LogP contribution < -0.4 is 11.1 Å². The number of hydrogen-bond acceptors (Lipinski definition) is 5. The van der Waals surface area contributed by atoms with Crippen molar-refractivity contribution in [3.63, 3.8) is 0 Å². The highest BCUT2D eigenvalue weighted by Gasteiger charge is 2.13. The number of nitrogens with one attached hydrogen (secondary N) is 1. The Hall–Kier alpha value is -1.79. The predicted molar refractivity (Wildman–Crippen MR) is 67.5 cm³/mol. The highest BCUT2D eigenvalue weighted by Crippen LogP contribution is 2.25. The van der Waals surface area contributed by atoms with Gasteiger partial charge >= 0.3 is 0 Å². The van der Waals surface area contributed by atoms with Gasteiger partial charge in [-0.05, 0) is 23.4 Å². The zero-order valence-corrected chi connectivity index (χ0v) is 10.5. The first-order valence-corrected chi connectivity index (χ1v) is 5.63. The Bertz CT molecular complexity index is 585. The summed E-state index contributed by atoms with van der Waals surface area (Å²) in [6.45, 7) is 0. The van der Waals surface area contributed by atoms with Crippen LogP contribution in [0.25, 0.3) is 0 Å². The normalized spacial score (nSPS) is 10.3. The Morgan fingerprint density at radius 3 is 2.78 bits per heavy atom. The molecule has 1 aromatic heterocycles. The highest BCUT2D eigenvalue weighted by molar-refractivity contribution is 6.36. The van der Waals surface area contributed by atoms with Gasteiger partial charge in [0.25, 0.3) is 0 Å². The van der Waals surface area contributed by atoms with Crippen LogP contribution in [-0.2, 0) is 11.2 Å². The van der Waals surface area contributed by atoms with Gasteiger partial charge in [-0.1, -0.05) is 28.4 Å². The molecule has 18 heavy (non-hydrogen) atoms. The molecule has 2 rings (SSSR count). The topological polar surface area (TPSA) is 94.0 Å². The summed E-state index contributed by atoms with van der Waals surface area (Å²) in [6, 6.07) is 4.76. The van der Waals surface area contributed by atoms with E-state index >= 15 is 0 Å². The molecule has 0 saturated carbocycles. The number of amides is 1. The van der Waals surface area contributed by atoms with Gasteiger partial charge < -0.3 is 11.1 Å². The van der Waals surface area contributed by atoms with Gasteiger partial charge in [0.15, 0.2) is 5.82 Å². The Morgan fingerprint density at radius 2 is 2.17 bits per heavy atom. The Balaban J connectivity index is 2.05. The molecule has 2 aromatic rings. The van der Waals surface area contributed by atoms with Crippen LogP contribution in [0.3, 0.4) is 0 Å². The van der Waals surface area contributed by atoms with Gasteiger partial charge in [0.1, 0.15) is 5.69 Å². The molecule has 0 unspecified atom stereocenters. The van der Waals surface area contributed by atoms with Crippen molar-refractivity contribution in [3.8, 4) is 0 Å². The molecular weight excluding hydrogens is 279 g/mol. The average Bonchev–Trinajstić information content (AvgIpc) is 2.69. The third kappa shape index (κ3) is 2.91. The van der Waals surface area contributed by atoms with Crippen LogP contribution in [0.5, 0.6) is 0 Å². The number of nitrogens with zero attached hydrogens (tertiary/aromatic N) is 2. The van der Waals surface area contributed by atoms with Gasteiger partial charge in [0, 0.05) is 5.02 Å². The molecule has 0 aliphatic rings. The summed E-state index contributed by atoms with van der Waals surface area (Å²) in [6.07, 6.45) is -0.0473. The van der Waals surface area contributed by atoms with Crippen LogP contribution in [0.2, 0.25) is 10.0 Å². The molecule has 0 aliphatic heterocycles. The number of nitrogen functional groups attached to an aromatic ring is 1. The first kappa shape index (κ1) is 12.7. The maximum Gasteiger partial charge on any atom is 0.230 e. The third-order valence-electron chi connectivity index (χ3n) is 2.12. The van der Waals surface area contributed by atoms with E-state index in [1.165, 1.54) is 6.07 Å². The van der Waals surface area contributed by atoms with E-state index in [4.69, 9.17) is 28.9 Å². The van der Waals surface area contributed by atoms with Crippen molar-refractivity contribution in [1.29, 1.82) is 0 Å². The summed E-state index contributed by atoms with van der Waals surface area (Å²) in [5.74, 6) is -0.242. The zero-order chi connectivity index (χ0) is 13.1. The zero-order valence-electron chi connectivity index (χ0n) is 8.98. The van der Waals surface area contributed by atoms with Crippen LogP contribution in [-0.4, -0.2) is 16.2 Å². The second kappa shape index (κ2) is 5.24. The van der Waals surface area contributed by atoms with Crippen molar-refractivity contribution in [3.05, 3.63) is 33.9 Å². The fourth-order valence-corrected chi connectivity index (χ4v) is 1.73. The molecule has 0 bridgehead atoms. The molecule has 1 aromatic carbocycles. The van der Waals surface area contributed by atoms with Crippen LogP contribution in [0.4, 0.5) is 11.5 Å². The molecule has 0 spiro atoms. The van der Waals surface area contributed by atoms with Crippen molar-refractivity contribution < 1.29 is 9.42 Å². The Morgan fingerprint density at radius 1 is 1.39 bits per heavy atom. The lowest BCUT2D eigenvalue weighted by Crippen LogP contribution is -2.15. The molecule has 3 N–H and O–H groups in total. The molecule has 6 nitrogen and oxygen atoms in total. The van der Waals surface area contributed by atoms with Crippen LogP contribution >= 0.6 is 23.2 Å². The van der Waals surface area contributed by atoms with Gasteiger partial charge in [0.05, 0.1) is 17.1 Å². The van der Waals surface area contributed by atoms with E-state index in [1.807, 2.05) is 0 Å². The quantitative estimate of drug-likeness (QED) is 0.901. The van der Waals surface area contributed by atoms with Crippen LogP contribution in [0.15, 0.2) is 22.8 Å². The monoisotopic (exact) mass is 286 g/mol. The van der Waals surface area contributed by atoms with Gasteiger partial charge in [-0.3, -0.25) is 4.79 Å². The molecule has 94 valence electrons. The van der Waals surface area contributed by atoms with E-state index in [0.29, 0.717) is 15.7 Å². The Labute approximate surface area is 112 Å². The minimum absolute atomic E-state index is 0.0473. The molecule has 0 fully saturated rings. The van der Waals surface area contributed by atoms with E-state index in [9.17, 15) is 4.79 Å². The van der Waals surface area contributed by atoms with E-state index < -0.39 is 0 Å². The van der Waals surface area contributed by atoms with E-state index in [1.54, 1.807) is 12.1 Å². The first-order valence-electron chi connectivity index (χ1n) is 4.88. The largest absolute Gasteiger partial charge is 0.379 e. The summed E-state index contributed by atoms with van der Waals surface area (Å²) in [4.78, 5) is 11.7. The van der Waals surface area contributed by atoms with Gasteiger partial charge in [-0.2, -0.15) is 0 Å². The average molecular weight is 287 g/mol. The van der Waals surface area contributed by atoms with Gasteiger partial charge in [0.2, 0.25) is 5.91 Å². The smallest absolute Gasteiger partial charge is 0.230 e. The van der Waals surface area contributed by atoms with Crippen molar-refractivity contribution in [2.24, 2.45) is 0 Å². The molecule has 1 amide bonds. The number of carbonyl (C=O) groups excluding carboxylic acids is 1. The molecule has 8 heteroatoms.